The van der Waals surface area contributed by atoms with Gasteiger partial charge in [0, 0.05) is 18.0 Å². The van der Waals surface area contributed by atoms with Crippen molar-refractivity contribution in [2.75, 3.05) is 16.8 Å². The molecule has 6 heteroatoms. The zero-order valence-corrected chi connectivity index (χ0v) is 10.8. The standard InChI is InChI=1S/C10H15ClN2O2S/c1-3-16(14,15)7-8(2)13-10-6-12-5-4-9(10)11/h4-6,8,13H,3,7H2,1-2H3. The molecule has 1 aromatic heterocycles. The van der Waals surface area contributed by atoms with Gasteiger partial charge < -0.3 is 5.32 Å². The normalized spacial score (nSPS) is 13.4. The molecule has 90 valence electrons. The first-order chi connectivity index (χ1) is 7.44. The topological polar surface area (TPSA) is 59.1 Å². The second-order valence-electron chi connectivity index (χ2n) is 3.60. The van der Waals surface area contributed by atoms with E-state index in [9.17, 15) is 8.42 Å². The number of nitrogens with zero attached hydrogens (tertiary/aromatic N) is 1. The van der Waals surface area contributed by atoms with Crippen molar-refractivity contribution in [1.29, 1.82) is 0 Å². The zero-order chi connectivity index (χ0) is 12.2. The molecule has 1 rings (SSSR count). The Hall–Kier alpha value is -0.810. The van der Waals surface area contributed by atoms with E-state index < -0.39 is 9.84 Å². The Morgan fingerprint density at radius 3 is 2.81 bits per heavy atom. The van der Waals surface area contributed by atoms with Gasteiger partial charge in [0.1, 0.15) is 0 Å². The molecule has 16 heavy (non-hydrogen) atoms. The van der Waals surface area contributed by atoms with E-state index >= 15 is 0 Å². The van der Waals surface area contributed by atoms with E-state index in [0.717, 1.165) is 0 Å². The van der Waals surface area contributed by atoms with Gasteiger partial charge in [-0.2, -0.15) is 0 Å². The lowest BCUT2D eigenvalue weighted by Gasteiger charge is -2.15. The van der Waals surface area contributed by atoms with Gasteiger partial charge in [-0.05, 0) is 13.0 Å². The van der Waals surface area contributed by atoms with Gasteiger partial charge >= 0.3 is 0 Å². The molecule has 0 aliphatic heterocycles. The maximum absolute atomic E-state index is 11.4. The minimum atomic E-state index is -2.98. The molecule has 1 aromatic rings. The second kappa shape index (κ2) is 5.50. The van der Waals surface area contributed by atoms with Crippen LogP contribution in [0.2, 0.25) is 5.02 Å². The van der Waals surface area contributed by atoms with Crippen LogP contribution in [0.5, 0.6) is 0 Å². The van der Waals surface area contributed by atoms with Crippen molar-refractivity contribution < 1.29 is 8.42 Å². The van der Waals surface area contributed by atoms with Gasteiger partial charge in [0.05, 0.1) is 22.7 Å². The van der Waals surface area contributed by atoms with E-state index in [0.29, 0.717) is 10.7 Å². The van der Waals surface area contributed by atoms with Crippen molar-refractivity contribution in [2.24, 2.45) is 0 Å². The fourth-order valence-electron chi connectivity index (χ4n) is 1.29. The minimum Gasteiger partial charge on any atom is -0.379 e. The van der Waals surface area contributed by atoms with Crippen molar-refractivity contribution in [1.82, 2.24) is 4.98 Å². The number of sulfone groups is 1. The van der Waals surface area contributed by atoms with Crippen LogP contribution >= 0.6 is 11.6 Å². The summed E-state index contributed by atoms with van der Waals surface area (Å²) in [4.78, 5) is 3.92. The van der Waals surface area contributed by atoms with Crippen LogP contribution in [0.3, 0.4) is 0 Å². The Morgan fingerprint density at radius 1 is 1.56 bits per heavy atom. The summed E-state index contributed by atoms with van der Waals surface area (Å²) >= 11 is 5.92. The quantitative estimate of drug-likeness (QED) is 0.881. The molecule has 0 amide bonds. The highest BCUT2D eigenvalue weighted by Crippen LogP contribution is 2.20. The average Bonchev–Trinajstić information content (AvgIpc) is 2.21. The number of aromatic nitrogens is 1. The molecule has 0 bridgehead atoms. The molecule has 0 spiro atoms. The molecule has 1 N–H and O–H groups in total. The molecule has 0 saturated heterocycles. The predicted octanol–water partition coefficient (Wildman–Crippen LogP) is 1.97. The predicted molar refractivity (Wildman–Crippen MR) is 66.7 cm³/mol. The van der Waals surface area contributed by atoms with Crippen LogP contribution < -0.4 is 5.32 Å². The maximum atomic E-state index is 11.4. The summed E-state index contributed by atoms with van der Waals surface area (Å²) in [6.07, 6.45) is 3.17. The number of anilines is 1. The highest BCUT2D eigenvalue weighted by atomic mass is 35.5. The molecular formula is C10H15ClN2O2S. The van der Waals surface area contributed by atoms with Crippen LogP contribution in [-0.4, -0.2) is 30.9 Å². The van der Waals surface area contributed by atoms with Gasteiger partial charge in [-0.15, -0.1) is 0 Å². The van der Waals surface area contributed by atoms with E-state index in [-0.39, 0.29) is 17.5 Å². The smallest absolute Gasteiger partial charge is 0.152 e. The van der Waals surface area contributed by atoms with Crippen LogP contribution in [0.1, 0.15) is 13.8 Å². The number of hydrogen-bond donors (Lipinski definition) is 1. The number of hydrogen-bond acceptors (Lipinski definition) is 4. The third-order valence-corrected chi connectivity index (χ3v) is 4.33. The van der Waals surface area contributed by atoms with Crippen molar-refractivity contribution in [3.8, 4) is 0 Å². The first-order valence-electron chi connectivity index (χ1n) is 5.01. The van der Waals surface area contributed by atoms with E-state index in [4.69, 9.17) is 11.6 Å². The monoisotopic (exact) mass is 262 g/mol. The maximum Gasteiger partial charge on any atom is 0.152 e. The number of nitrogens with one attached hydrogen (secondary N) is 1. The highest BCUT2D eigenvalue weighted by molar-refractivity contribution is 7.91. The summed E-state index contributed by atoms with van der Waals surface area (Å²) in [5.41, 5.74) is 0.656. The lowest BCUT2D eigenvalue weighted by molar-refractivity contribution is 0.593. The van der Waals surface area contributed by atoms with Crippen molar-refractivity contribution >= 4 is 27.1 Å². The largest absolute Gasteiger partial charge is 0.379 e. The van der Waals surface area contributed by atoms with Gasteiger partial charge in [-0.1, -0.05) is 18.5 Å². The van der Waals surface area contributed by atoms with Crippen molar-refractivity contribution in [2.45, 2.75) is 19.9 Å². The van der Waals surface area contributed by atoms with Gasteiger partial charge in [0.2, 0.25) is 0 Å². The fourth-order valence-corrected chi connectivity index (χ4v) is 2.53. The van der Waals surface area contributed by atoms with E-state index in [1.54, 1.807) is 32.3 Å². The first-order valence-corrected chi connectivity index (χ1v) is 7.21. The molecule has 1 heterocycles. The number of pyridine rings is 1. The number of rotatable bonds is 5. The summed E-state index contributed by atoms with van der Waals surface area (Å²) in [6.45, 7) is 3.44. The Kier molecular flexibility index (Phi) is 4.56. The SMILES string of the molecule is CCS(=O)(=O)CC(C)Nc1cnccc1Cl. The van der Waals surface area contributed by atoms with Crippen LogP contribution in [-0.2, 0) is 9.84 Å². The Labute approximate surface area is 101 Å². The third kappa shape index (κ3) is 3.98. The average molecular weight is 263 g/mol. The molecular weight excluding hydrogens is 248 g/mol. The summed E-state index contributed by atoms with van der Waals surface area (Å²) in [5.74, 6) is 0.245. The van der Waals surface area contributed by atoms with Crippen LogP contribution in [0, 0.1) is 0 Å². The van der Waals surface area contributed by atoms with Crippen LogP contribution in [0.15, 0.2) is 18.5 Å². The number of halogens is 1. The van der Waals surface area contributed by atoms with E-state index in [2.05, 4.69) is 10.3 Å². The Balaban J connectivity index is 2.66. The lowest BCUT2D eigenvalue weighted by Crippen LogP contribution is -2.26. The van der Waals surface area contributed by atoms with Crippen molar-refractivity contribution in [3.63, 3.8) is 0 Å². The molecule has 0 aromatic carbocycles. The third-order valence-electron chi connectivity index (χ3n) is 2.11. The fraction of sp³-hybridized carbons (Fsp3) is 0.500. The van der Waals surface area contributed by atoms with Gasteiger partial charge in [-0.25, -0.2) is 8.42 Å². The molecule has 0 radical (unpaired) electrons. The first kappa shape index (κ1) is 13.3. The molecule has 0 aliphatic carbocycles. The Morgan fingerprint density at radius 2 is 2.25 bits per heavy atom. The summed E-state index contributed by atoms with van der Waals surface area (Å²) < 4.78 is 22.8. The Bertz CT molecular complexity index is 448. The van der Waals surface area contributed by atoms with Gasteiger partial charge in [0.25, 0.3) is 0 Å². The van der Waals surface area contributed by atoms with Crippen LogP contribution in [0.4, 0.5) is 5.69 Å². The van der Waals surface area contributed by atoms with Gasteiger partial charge in [0.15, 0.2) is 9.84 Å². The van der Waals surface area contributed by atoms with Gasteiger partial charge in [-0.3, -0.25) is 4.98 Å². The zero-order valence-electron chi connectivity index (χ0n) is 9.27. The summed E-state index contributed by atoms with van der Waals surface area (Å²) in [6, 6.07) is 1.47. The molecule has 0 saturated carbocycles. The molecule has 4 nitrogen and oxygen atoms in total. The molecule has 0 fully saturated rings. The molecule has 1 atom stereocenters. The van der Waals surface area contributed by atoms with Crippen LogP contribution in [0.25, 0.3) is 0 Å². The summed E-state index contributed by atoms with van der Waals surface area (Å²) in [7, 11) is -2.98. The van der Waals surface area contributed by atoms with E-state index in [1.165, 1.54) is 0 Å². The van der Waals surface area contributed by atoms with Crippen molar-refractivity contribution in [3.05, 3.63) is 23.5 Å². The second-order valence-corrected chi connectivity index (χ2v) is 6.40. The molecule has 0 aliphatic rings. The lowest BCUT2D eigenvalue weighted by atomic mass is 10.3. The highest BCUT2D eigenvalue weighted by Gasteiger charge is 2.14. The summed E-state index contributed by atoms with van der Waals surface area (Å²) in [5, 5.41) is 3.56. The minimum absolute atomic E-state index is 0.0920. The molecule has 1 unspecified atom stereocenters. The van der Waals surface area contributed by atoms with E-state index in [1.807, 2.05) is 0 Å².